The van der Waals surface area contributed by atoms with E-state index in [9.17, 15) is 4.79 Å². The molecular formula is C14H26ClN3O. The fourth-order valence-electron chi connectivity index (χ4n) is 3.23. The lowest BCUT2D eigenvalue weighted by Gasteiger charge is -2.35. The fraction of sp³-hybridized carbons (Fsp3) is 0.929. The summed E-state index contributed by atoms with van der Waals surface area (Å²) in [6.07, 6.45) is 6.38. The molecule has 0 spiro atoms. The molecule has 0 bridgehead atoms. The van der Waals surface area contributed by atoms with Crippen molar-refractivity contribution >= 4 is 18.3 Å². The van der Waals surface area contributed by atoms with Crippen LogP contribution in [0.5, 0.6) is 0 Å². The van der Waals surface area contributed by atoms with Gasteiger partial charge in [0.2, 0.25) is 5.91 Å². The van der Waals surface area contributed by atoms with Gasteiger partial charge in [0.25, 0.3) is 0 Å². The van der Waals surface area contributed by atoms with Gasteiger partial charge in [-0.3, -0.25) is 9.69 Å². The average Bonchev–Trinajstić information content (AvgIpc) is 3.22. The van der Waals surface area contributed by atoms with Gasteiger partial charge < -0.3 is 10.2 Å². The number of carbonyl (C=O) groups excluding carboxylic acids is 1. The monoisotopic (exact) mass is 287 g/mol. The SMILES string of the molecule is Cl.O=C1CN(CCC2CCNCC2)CCN1C1CC1. The highest BCUT2D eigenvalue weighted by Crippen LogP contribution is 2.28. The number of halogens is 1. The standard InChI is InChI=1S/C14H25N3O.ClH/c18-14-11-16(9-10-17(14)13-1-2-13)8-5-12-3-6-15-7-4-12;/h12-13,15H,1-11H2;1H. The van der Waals surface area contributed by atoms with Crippen molar-refractivity contribution in [3.8, 4) is 0 Å². The Hall–Kier alpha value is -0.320. The molecule has 0 atom stereocenters. The minimum atomic E-state index is 0. The highest BCUT2D eigenvalue weighted by atomic mass is 35.5. The van der Waals surface area contributed by atoms with Crippen LogP contribution < -0.4 is 5.32 Å². The van der Waals surface area contributed by atoms with Gasteiger partial charge in [-0.2, -0.15) is 0 Å². The molecule has 0 aromatic heterocycles. The summed E-state index contributed by atoms with van der Waals surface area (Å²) in [6.45, 7) is 6.21. The van der Waals surface area contributed by atoms with E-state index in [0.29, 0.717) is 18.5 Å². The fourth-order valence-corrected chi connectivity index (χ4v) is 3.23. The summed E-state index contributed by atoms with van der Waals surface area (Å²) in [4.78, 5) is 16.5. The van der Waals surface area contributed by atoms with Crippen LogP contribution in [0.4, 0.5) is 0 Å². The second-order valence-corrected chi connectivity index (χ2v) is 6.08. The van der Waals surface area contributed by atoms with Crippen LogP contribution >= 0.6 is 12.4 Å². The topological polar surface area (TPSA) is 35.6 Å². The first-order valence-corrected chi connectivity index (χ1v) is 7.55. The van der Waals surface area contributed by atoms with Crippen molar-refractivity contribution in [2.24, 2.45) is 5.92 Å². The van der Waals surface area contributed by atoms with E-state index < -0.39 is 0 Å². The molecule has 3 aliphatic rings. The summed E-state index contributed by atoms with van der Waals surface area (Å²) in [7, 11) is 0. The van der Waals surface area contributed by atoms with Crippen LogP contribution in [0.3, 0.4) is 0 Å². The highest BCUT2D eigenvalue weighted by Gasteiger charge is 2.35. The molecule has 1 amide bonds. The van der Waals surface area contributed by atoms with Crippen molar-refractivity contribution in [3.05, 3.63) is 0 Å². The Morgan fingerprint density at radius 1 is 1.11 bits per heavy atom. The third-order valence-corrected chi connectivity index (χ3v) is 4.64. The van der Waals surface area contributed by atoms with Crippen molar-refractivity contribution in [2.45, 2.75) is 38.1 Å². The van der Waals surface area contributed by atoms with E-state index in [1.54, 1.807) is 0 Å². The molecule has 0 aromatic rings. The molecule has 2 aliphatic heterocycles. The maximum atomic E-state index is 12.0. The first-order valence-electron chi connectivity index (χ1n) is 7.55. The molecule has 5 heteroatoms. The molecule has 1 aliphatic carbocycles. The first kappa shape index (κ1) is 15.1. The van der Waals surface area contributed by atoms with Crippen LogP contribution in [0.25, 0.3) is 0 Å². The van der Waals surface area contributed by atoms with Gasteiger partial charge in [0, 0.05) is 19.1 Å². The third-order valence-electron chi connectivity index (χ3n) is 4.64. The maximum absolute atomic E-state index is 12.0. The Kier molecular flexibility index (Phi) is 5.48. The summed E-state index contributed by atoms with van der Waals surface area (Å²) < 4.78 is 0. The molecule has 0 radical (unpaired) electrons. The Balaban J connectivity index is 0.00000133. The zero-order chi connectivity index (χ0) is 12.4. The maximum Gasteiger partial charge on any atom is 0.237 e. The van der Waals surface area contributed by atoms with E-state index >= 15 is 0 Å². The van der Waals surface area contributed by atoms with E-state index in [-0.39, 0.29) is 12.4 Å². The predicted molar refractivity (Wildman–Crippen MR) is 78.6 cm³/mol. The number of nitrogens with one attached hydrogen (secondary N) is 1. The minimum absolute atomic E-state index is 0. The molecule has 2 heterocycles. The van der Waals surface area contributed by atoms with E-state index in [2.05, 4.69) is 15.1 Å². The van der Waals surface area contributed by atoms with Crippen molar-refractivity contribution in [1.82, 2.24) is 15.1 Å². The summed E-state index contributed by atoms with van der Waals surface area (Å²) in [5.41, 5.74) is 0. The van der Waals surface area contributed by atoms with Crippen LogP contribution in [-0.2, 0) is 4.79 Å². The number of piperidine rings is 1. The number of rotatable bonds is 4. The summed E-state index contributed by atoms with van der Waals surface area (Å²) in [5, 5.41) is 3.41. The van der Waals surface area contributed by atoms with Crippen molar-refractivity contribution < 1.29 is 4.79 Å². The Labute approximate surface area is 122 Å². The normalized spacial score (nSPS) is 26.3. The Morgan fingerprint density at radius 3 is 2.47 bits per heavy atom. The lowest BCUT2D eigenvalue weighted by Crippen LogP contribution is -2.51. The molecule has 3 rings (SSSR count). The molecule has 19 heavy (non-hydrogen) atoms. The zero-order valence-electron chi connectivity index (χ0n) is 11.6. The lowest BCUT2D eigenvalue weighted by atomic mass is 9.94. The van der Waals surface area contributed by atoms with Gasteiger partial charge >= 0.3 is 0 Å². The van der Waals surface area contributed by atoms with Gasteiger partial charge in [-0.1, -0.05) is 0 Å². The zero-order valence-corrected chi connectivity index (χ0v) is 12.5. The molecular weight excluding hydrogens is 262 g/mol. The van der Waals surface area contributed by atoms with Crippen LogP contribution in [0, 0.1) is 5.92 Å². The van der Waals surface area contributed by atoms with Gasteiger partial charge in [0.05, 0.1) is 6.54 Å². The molecule has 1 N–H and O–H groups in total. The molecule has 1 saturated carbocycles. The largest absolute Gasteiger partial charge is 0.337 e. The van der Waals surface area contributed by atoms with Crippen LogP contribution in [0.1, 0.15) is 32.1 Å². The number of amides is 1. The number of carbonyl (C=O) groups is 1. The number of nitrogens with zero attached hydrogens (tertiary/aromatic N) is 2. The van der Waals surface area contributed by atoms with Gasteiger partial charge in [-0.05, 0) is 57.7 Å². The molecule has 2 saturated heterocycles. The third kappa shape index (κ3) is 4.07. The predicted octanol–water partition coefficient (Wildman–Crippen LogP) is 1.10. The van der Waals surface area contributed by atoms with Crippen molar-refractivity contribution in [3.63, 3.8) is 0 Å². The highest BCUT2D eigenvalue weighted by molar-refractivity contribution is 5.85. The molecule has 110 valence electrons. The summed E-state index contributed by atoms with van der Waals surface area (Å²) in [5.74, 6) is 1.25. The number of piperazine rings is 1. The van der Waals surface area contributed by atoms with Gasteiger partial charge in [0.15, 0.2) is 0 Å². The Bertz CT molecular complexity index is 303. The average molecular weight is 288 g/mol. The molecule has 0 aromatic carbocycles. The van der Waals surface area contributed by atoms with E-state index in [0.717, 1.165) is 25.6 Å². The Morgan fingerprint density at radius 2 is 1.84 bits per heavy atom. The smallest absolute Gasteiger partial charge is 0.237 e. The number of hydrogen-bond donors (Lipinski definition) is 1. The van der Waals surface area contributed by atoms with Crippen molar-refractivity contribution in [2.75, 3.05) is 39.3 Å². The van der Waals surface area contributed by atoms with E-state index in [4.69, 9.17) is 0 Å². The van der Waals surface area contributed by atoms with E-state index in [1.165, 1.54) is 45.2 Å². The van der Waals surface area contributed by atoms with Gasteiger partial charge in [0.1, 0.15) is 0 Å². The second kappa shape index (κ2) is 6.91. The van der Waals surface area contributed by atoms with Gasteiger partial charge in [-0.15, -0.1) is 12.4 Å². The van der Waals surface area contributed by atoms with Gasteiger partial charge in [-0.25, -0.2) is 0 Å². The molecule has 3 fully saturated rings. The summed E-state index contributed by atoms with van der Waals surface area (Å²) >= 11 is 0. The molecule has 4 nitrogen and oxygen atoms in total. The quantitative estimate of drug-likeness (QED) is 0.841. The van der Waals surface area contributed by atoms with Crippen LogP contribution in [-0.4, -0.2) is 61.0 Å². The lowest BCUT2D eigenvalue weighted by molar-refractivity contribution is -0.136. The van der Waals surface area contributed by atoms with Crippen molar-refractivity contribution in [1.29, 1.82) is 0 Å². The number of hydrogen-bond acceptors (Lipinski definition) is 3. The second-order valence-electron chi connectivity index (χ2n) is 6.08. The van der Waals surface area contributed by atoms with E-state index in [1.807, 2.05) is 0 Å². The minimum Gasteiger partial charge on any atom is -0.337 e. The van der Waals surface area contributed by atoms with Crippen LogP contribution in [0.2, 0.25) is 0 Å². The summed E-state index contributed by atoms with van der Waals surface area (Å²) in [6, 6.07) is 0.601. The molecule has 0 unspecified atom stereocenters. The first-order chi connectivity index (χ1) is 8.83. The van der Waals surface area contributed by atoms with Crippen LogP contribution in [0.15, 0.2) is 0 Å².